The first-order valence-electron chi connectivity index (χ1n) is 6.08. The Bertz CT molecular complexity index is 668. The van der Waals surface area contributed by atoms with Gasteiger partial charge in [0.25, 0.3) is 0 Å². The maximum atomic E-state index is 8.78. The van der Waals surface area contributed by atoms with Gasteiger partial charge >= 0.3 is 0 Å². The maximum Gasteiger partial charge on any atom is 0.250 e. The van der Waals surface area contributed by atoms with Gasteiger partial charge in [-0.05, 0) is 49.6 Å². The molecule has 0 saturated carbocycles. The average molecular weight is 272 g/mol. The molecule has 0 amide bonds. The molecule has 0 unspecified atom stereocenters. The van der Waals surface area contributed by atoms with Gasteiger partial charge < -0.3 is 15.7 Å². The summed E-state index contributed by atoms with van der Waals surface area (Å²) >= 11 is 0. The summed E-state index contributed by atoms with van der Waals surface area (Å²) in [6, 6.07) is 5.56. The summed E-state index contributed by atoms with van der Waals surface area (Å²) in [6.45, 7) is 5.96. The lowest BCUT2D eigenvalue weighted by atomic mass is 10.1. The number of ether oxygens (including phenoxy) is 1. The summed E-state index contributed by atoms with van der Waals surface area (Å²) in [6.07, 6.45) is 1.45. The molecule has 1 heterocycles. The van der Waals surface area contributed by atoms with Gasteiger partial charge in [-0.15, -0.1) is 5.10 Å². The summed E-state index contributed by atoms with van der Waals surface area (Å²) < 4.78 is 5.78. The van der Waals surface area contributed by atoms with Crippen LogP contribution in [0.3, 0.4) is 0 Å². The molecule has 0 spiro atoms. The molecule has 20 heavy (non-hydrogen) atoms. The van der Waals surface area contributed by atoms with Crippen molar-refractivity contribution in [3.8, 4) is 11.6 Å². The van der Waals surface area contributed by atoms with Crippen LogP contribution in [0.2, 0.25) is 0 Å². The molecule has 0 atom stereocenters. The van der Waals surface area contributed by atoms with Crippen molar-refractivity contribution in [2.45, 2.75) is 20.8 Å². The van der Waals surface area contributed by atoms with Gasteiger partial charge in [0.15, 0.2) is 5.84 Å². The minimum absolute atomic E-state index is 0.0723. The Morgan fingerprint density at radius 2 is 2.05 bits per heavy atom. The van der Waals surface area contributed by atoms with Crippen molar-refractivity contribution >= 4 is 5.84 Å². The zero-order chi connectivity index (χ0) is 14.7. The molecule has 104 valence electrons. The number of aromatic nitrogens is 2. The van der Waals surface area contributed by atoms with Crippen LogP contribution in [0, 0.1) is 20.8 Å². The minimum Gasteiger partial charge on any atom is -0.437 e. The second-order valence-electron chi connectivity index (χ2n) is 4.54. The smallest absolute Gasteiger partial charge is 0.250 e. The lowest BCUT2D eigenvalue weighted by molar-refractivity contribution is 0.318. The zero-order valence-corrected chi connectivity index (χ0v) is 11.6. The monoisotopic (exact) mass is 272 g/mol. The molecule has 2 aromatic rings. The molecular formula is C14H16N4O2. The van der Waals surface area contributed by atoms with Gasteiger partial charge in [-0.25, -0.2) is 0 Å². The van der Waals surface area contributed by atoms with E-state index in [1.807, 2.05) is 26.8 Å². The molecule has 1 aromatic heterocycles. The lowest BCUT2D eigenvalue weighted by Crippen LogP contribution is -2.15. The number of hydrogen-bond donors (Lipinski definition) is 2. The number of nitrogens with two attached hydrogens (primary N) is 1. The fourth-order valence-corrected chi connectivity index (χ4v) is 1.85. The number of benzene rings is 1. The quantitative estimate of drug-likeness (QED) is 0.387. The van der Waals surface area contributed by atoms with E-state index in [9.17, 15) is 0 Å². The minimum atomic E-state index is -0.0723. The number of oxime groups is 1. The Balaban J connectivity index is 2.46. The van der Waals surface area contributed by atoms with Gasteiger partial charge in [0.05, 0.1) is 11.8 Å². The number of aryl methyl sites for hydroxylation is 2. The van der Waals surface area contributed by atoms with Gasteiger partial charge in [-0.3, -0.25) is 0 Å². The normalized spacial score (nSPS) is 11.4. The van der Waals surface area contributed by atoms with Crippen LogP contribution in [0.15, 0.2) is 29.6 Å². The fourth-order valence-electron chi connectivity index (χ4n) is 1.85. The zero-order valence-electron chi connectivity index (χ0n) is 11.6. The van der Waals surface area contributed by atoms with Crippen LogP contribution in [0.1, 0.15) is 22.3 Å². The molecular weight excluding hydrogens is 256 g/mol. The van der Waals surface area contributed by atoms with E-state index in [-0.39, 0.29) is 11.7 Å². The van der Waals surface area contributed by atoms with E-state index >= 15 is 0 Å². The molecule has 0 fully saturated rings. The molecule has 0 aliphatic heterocycles. The number of rotatable bonds is 3. The second-order valence-corrected chi connectivity index (χ2v) is 4.54. The summed E-state index contributed by atoms with van der Waals surface area (Å²) in [5, 5.41) is 19.4. The first-order chi connectivity index (χ1) is 9.52. The molecule has 0 aliphatic carbocycles. The number of hydrogen-bond acceptors (Lipinski definition) is 5. The molecule has 1 aromatic carbocycles. The standard InChI is InChI=1S/C14H16N4O2/c1-8-6-9(2)10(3)12(7-8)20-14-11(13(15)18-19)4-5-16-17-14/h4-7,19H,1-3H3,(H2,15,18). The van der Waals surface area contributed by atoms with Crippen molar-refractivity contribution in [2.24, 2.45) is 10.9 Å². The molecule has 3 N–H and O–H groups in total. The highest BCUT2D eigenvalue weighted by Crippen LogP contribution is 2.28. The first-order valence-corrected chi connectivity index (χ1v) is 6.08. The van der Waals surface area contributed by atoms with Gasteiger partial charge in [0.1, 0.15) is 5.75 Å². The summed E-state index contributed by atoms with van der Waals surface area (Å²) in [5.74, 6) is 0.808. The van der Waals surface area contributed by atoms with Crippen LogP contribution < -0.4 is 10.5 Å². The maximum absolute atomic E-state index is 8.78. The van der Waals surface area contributed by atoms with Crippen molar-refractivity contribution < 1.29 is 9.94 Å². The van der Waals surface area contributed by atoms with Crippen LogP contribution in [0.5, 0.6) is 11.6 Å². The van der Waals surface area contributed by atoms with E-state index in [1.54, 1.807) is 6.07 Å². The fraction of sp³-hybridized carbons (Fsp3) is 0.214. The van der Waals surface area contributed by atoms with Gasteiger partial charge in [-0.1, -0.05) is 11.2 Å². The van der Waals surface area contributed by atoms with Crippen molar-refractivity contribution in [3.05, 3.63) is 46.6 Å². The third-order valence-corrected chi connectivity index (χ3v) is 3.04. The Morgan fingerprint density at radius 3 is 2.75 bits per heavy atom. The third-order valence-electron chi connectivity index (χ3n) is 3.04. The number of nitrogens with zero attached hydrogens (tertiary/aromatic N) is 3. The molecule has 6 nitrogen and oxygen atoms in total. The van der Waals surface area contributed by atoms with E-state index in [0.29, 0.717) is 11.3 Å². The first kappa shape index (κ1) is 13.8. The van der Waals surface area contributed by atoms with Crippen LogP contribution in [-0.4, -0.2) is 21.2 Å². The van der Waals surface area contributed by atoms with Crippen molar-refractivity contribution in [1.29, 1.82) is 0 Å². The van der Waals surface area contributed by atoms with E-state index in [4.69, 9.17) is 15.7 Å². The van der Waals surface area contributed by atoms with Crippen LogP contribution in [0.25, 0.3) is 0 Å². The molecule has 0 saturated heterocycles. The average Bonchev–Trinajstić information content (AvgIpc) is 2.44. The van der Waals surface area contributed by atoms with Crippen molar-refractivity contribution in [2.75, 3.05) is 0 Å². The van der Waals surface area contributed by atoms with Gasteiger partial charge in [0.2, 0.25) is 5.88 Å². The van der Waals surface area contributed by atoms with Crippen molar-refractivity contribution in [1.82, 2.24) is 10.2 Å². The Morgan fingerprint density at radius 1 is 1.30 bits per heavy atom. The van der Waals surface area contributed by atoms with E-state index in [1.165, 1.54) is 6.20 Å². The molecule has 2 rings (SSSR count). The van der Waals surface area contributed by atoms with Crippen LogP contribution in [-0.2, 0) is 0 Å². The molecule has 6 heteroatoms. The highest BCUT2D eigenvalue weighted by Gasteiger charge is 2.13. The van der Waals surface area contributed by atoms with Crippen LogP contribution >= 0.6 is 0 Å². The van der Waals surface area contributed by atoms with Crippen molar-refractivity contribution in [3.63, 3.8) is 0 Å². The second kappa shape index (κ2) is 5.56. The Hall–Kier alpha value is -2.63. The topological polar surface area (TPSA) is 93.6 Å². The van der Waals surface area contributed by atoms with E-state index in [2.05, 4.69) is 21.4 Å². The predicted molar refractivity (Wildman–Crippen MR) is 75.3 cm³/mol. The molecule has 0 aliphatic rings. The van der Waals surface area contributed by atoms with E-state index in [0.717, 1.165) is 16.7 Å². The highest BCUT2D eigenvalue weighted by molar-refractivity contribution is 5.98. The summed E-state index contributed by atoms with van der Waals surface area (Å²) in [5.41, 5.74) is 9.20. The predicted octanol–water partition coefficient (Wildman–Crippen LogP) is 2.29. The third kappa shape index (κ3) is 2.69. The molecule has 0 radical (unpaired) electrons. The largest absolute Gasteiger partial charge is 0.437 e. The number of amidine groups is 1. The SMILES string of the molecule is Cc1cc(C)c(C)c(Oc2nnccc2/C(N)=N/O)c1. The summed E-state index contributed by atoms with van der Waals surface area (Å²) in [4.78, 5) is 0. The van der Waals surface area contributed by atoms with Gasteiger partial charge in [0, 0.05) is 0 Å². The Kier molecular flexibility index (Phi) is 3.84. The molecule has 0 bridgehead atoms. The van der Waals surface area contributed by atoms with Crippen LogP contribution in [0.4, 0.5) is 0 Å². The summed E-state index contributed by atoms with van der Waals surface area (Å²) in [7, 11) is 0. The van der Waals surface area contributed by atoms with Gasteiger partial charge in [-0.2, -0.15) is 5.10 Å². The lowest BCUT2D eigenvalue weighted by Gasteiger charge is -2.12. The van der Waals surface area contributed by atoms with E-state index < -0.39 is 0 Å². The Labute approximate surface area is 116 Å². The highest BCUT2D eigenvalue weighted by atomic mass is 16.5.